The number of carboxylic acid groups (broad SMARTS) is 1. The number of carbonyl (C=O) groups excluding carboxylic acids is 1. The zero-order valence-electron chi connectivity index (χ0n) is 15.2. The molecule has 0 unspecified atom stereocenters. The average molecular weight is 470 g/mol. The minimum Gasteiger partial charge on any atom is -0.481 e. The summed E-state index contributed by atoms with van der Waals surface area (Å²) in [6, 6.07) is 8.80. The largest absolute Gasteiger partial charge is 0.481 e. The number of benzene rings is 1. The zero-order chi connectivity index (χ0) is 21.0. The van der Waals surface area contributed by atoms with Crippen LogP contribution in [0.1, 0.15) is 31.4 Å². The van der Waals surface area contributed by atoms with Gasteiger partial charge in [0.25, 0.3) is 5.91 Å². The molecule has 1 N–H and O–H groups in total. The third-order valence-electron chi connectivity index (χ3n) is 4.25. The standard InChI is InChI=1S/C20H17Cl2NO4S2/c21-14-7-5-12(10-15(14)22)16-8-6-13(27-16)11-17-19(26)23(20(28)29-17)9-3-1-2-4-18(24)25/h5-8,10-11H,1-4,9H2,(H,24,25)/b17-11+. The van der Waals surface area contributed by atoms with Crippen molar-refractivity contribution >= 4 is 69.5 Å². The zero-order valence-corrected chi connectivity index (χ0v) is 18.3. The van der Waals surface area contributed by atoms with Crippen molar-refractivity contribution in [3.8, 4) is 11.3 Å². The molecule has 0 aliphatic carbocycles. The lowest BCUT2D eigenvalue weighted by Crippen LogP contribution is -2.29. The number of thiocarbonyl (C=S) groups is 1. The van der Waals surface area contributed by atoms with Crippen LogP contribution in [0.2, 0.25) is 10.0 Å². The lowest BCUT2D eigenvalue weighted by atomic mass is 10.2. The summed E-state index contributed by atoms with van der Waals surface area (Å²) >= 11 is 18.5. The molecule has 1 aromatic heterocycles. The quantitative estimate of drug-likeness (QED) is 0.286. The topological polar surface area (TPSA) is 70.8 Å². The van der Waals surface area contributed by atoms with Gasteiger partial charge < -0.3 is 9.52 Å². The number of halogens is 2. The Morgan fingerprint density at radius 3 is 2.69 bits per heavy atom. The summed E-state index contributed by atoms with van der Waals surface area (Å²) < 4.78 is 6.32. The molecule has 1 amide bonds. The Bertz CT molecular complexity index is 987. The number of unbranched alkanes of at least 4 members (excludes halogenated alkanes) is 2. The number of rotatable bonds is 8. The Kier molecular flexibility index (Phi) is 7.40. The van der Waals surface area contributed by atoms with Crippen LogP contribution in [0.3, 0.4) is 0 Å². The van der Waals surface area contributed by atoms with E-state index >= 15 is 0 Å². The van der Waals surface area contributed by atoms with E-state index in [1.807, 2.05) is 0 Å². The van der Waals surface area contributed by atoms with Gasteiger partial charge in [-0.1, -0.05) is 53.6 Å². The van der Waals surface area contributed by atoms with Gasteiger partial charge in [0.2, 0.25) is 0 Å². The van der Waals surface area contributed by atoms with E-state index in [9.17, 15) is 9.59 Å². The van der Waals surface area contributed by atoms with Gasteiger partial charge in [0, 0.05) is 24.6 Å². The lowest BCUT2D eigenvalue weighted by Gasteiger charge is -2.13. The van der Waals surface area contributed by atoms with Crippen LogP contribution in [0.4, 0.5) is 0 Å². The number of hydrogen-bond donors (Lipinski definition) is 1. The number of nitrogens with zero attached hydrogens (tertiary/aromatic N) is 1. The van der Waals surface area contributed by atoms with Crippen LogP contribution in [0.15, 0.2) is 39.7 Å². The summed E-state index contributed by atoms with van der Waals surface area (Å²) in [5, 5.41) is 9.57. The normalized spacial score (nSPS) is 15.5. The first-order chi connectivity index (χ1) is 13.8. The van der Waals surface area contributed by atoms with Crippen molar-refractivity contribution in [3.63, 3.8) is 0 Å². The van der Waals surface area contributed by atoms with E-state index in [2.05, 4.69) is 0 Å². The number of carboxylic acids is 1. The Balaban J connectivity index is 1.64. The first kappa shape index (κ1) is 21.9. The summed E-state index contributed by atoms with van der Waals surface area (Å²) in [4.78, 5) is 25.2. The molecular weight excluding hydrogens is 453 g/mol. The van der Waals surface area contributed by atoms with Crippen LogP contribution in [0.25, 0.3) is 17.4 Å². The lowest BCUT2D eigenvalue weighted by molar-refractivity contribution is -0.137. The molecule has 3 rings (SSSR count). The third kappa shape index (κ3) is 5.63. The van der Waals surface area contributed by atoms with Gasteiger partial charge in [-0.2, -0.15) is 0 Å². The highest BCUT2D eigenvalue weighted by atomic mass is 35.5. The Hall–Kier alpha value is -1.80. The van der Waals surface area contributed by atoms with E-state index in [1.54, 1.807) is 41.3 Å². The van der Waals surface area contributed by atoms with Crippen LogP contribution in [0.5, 0.6) is 0 Å². The van der Waals surface area contributed by atoms with E-state index in [1.165, 1.54) is 11.8 Å². The number of aliphatic carboxylic acids is 1. The van der Waals surface area contributed by atoms with Gasteiger partial charge in [0.15, 0.2) is 0 Å². The van der Waals surface area contributed by atoms with Crippen molar-refractivity contribution in [1.82, 2.24) is 4.90 Å². The summed E-state index contributed by atoms with van der Waals surface area (Å²) in [7, 11) is 0. The van der Waals surface area contributed by atoms with Gasteiger partial charge in [-0.3, -0.25) is 14.5 Å². The second kappa shape index (κ2) is 9.80. The average Bonchev–Trinajstić information content (AvgIpc) is 3.23. The second-order valence-electron chi connectivity index (χ2n) is 6.37. The van der Waals surface area contributed by atoms with Crippen LogP contribution in [0, 0.1) is 0 Å². The Morgan fingerprint density at radius 1 is 1.17 bits per heavy atom. The van der Waals surface area contributed by atoms with Gasteiger partial charge in [-0.15, -0.1) is 0 Å². The molecule has 1 saturated heterocycles. The molecule has 1 fully saturated rings. The molecule has 9 heteroatoms. The van der Waals surface area contributed by atoms with Crippen molar-refractivity contribution in [2.75, 3.05) is 6.54 Å². The summed E-state index contributed by atoms with van der Waals surface area (Å²) in [6.07, 6.45) is 3.83. The molecule has 152 valence electrons. The number of thioether (sulfide) groups is 1. The van der Waals surface area contributed by atoms with E-state index in [0.29, 0.717) is 50.2 Å². The van der Waals surface area contributed by atoms with E-state index in [4.69, 9.17) is 44.9 Å². The highest BCUT2D eigenvalue weighted by molar-refractivity contribution is 8.26. The Labute approximate surface area is 187 Å². The van der Waals surface area contributed by atoms with Crippen molar-refractivity contribution in [1.29, 1.82) is 0 Å². The molecule has 29 heavy (non-hydrogen) atoms. The minimum atomic E-state index is -0.808. The molecule has 0 spiro atoms. The van der Waals surface area contributed by atoms with Gasteiger partial charge in [-0.05, 0) is 43.2 Å². The molecule has 5 nitrogen and oxygen atoms in total. The van der Waals surface area contributed by atoms with Gasteiger partial charge in [-0.25, -0.2) is 0 Å². The van der Waals surface area contributed by atoms with Crippen LogP contribution in [-0.4, -0.2) is 32.7 Å². The fraction of sp³-hybridized carbons (Fsp3) is 0.250. The number of amides is 1. The minimum absolute atomic E-state index is 0.137. The first-order valence-electron chi connectivity index (χ1n) is 8.87. The molecule has 1 aromatic carbocycles. The van der Waals surface area contributed by atoms with Crippen LogP contribution < -0.4 is 0 Å². The molecule has 0 atom stereocenters. The Morgan fingerprint density at radius 2 is 1.97 bits per heavy atom. The highest BCUT2D eigenvalue weighted by Crippen LogP contribution is 2.34. The third-order valence-corrected chi connectivity index (χ3v) is 6.37. The first-order valence-corrected chi connectivity index (χ1v) is 10.9. The fourth-order valence-electron chi connectivity index (χ4n) is 2.78. The van der Waals surface area contributed by atoms with Crippen LogP contribution >= 0.6 is 47.2 Å². The van der Waals surface area contributed by atoms with Gasteiger partial charge >= 0.3 is 5.97 Å². The van der Waals surface area contributed by atoms with Crippen LogP contribution in [-0.2, 0) is 9.59 Å². The van der Waals surface area contributed by atoms with E-state index in [-0.39, 0.29) is 12.3 Å². The molecule has 2 aromatic rings. The molecule has 1 aliphatic heterocycles. The molecule has 1 aliphatic rings. The molecule has 2 heterocycles. The predicted molar refractivity (Wildman–Crippen MR) is 120 cm³/mol. The molecule has 0 saturated carbocycles. The van der Waals surface area contributed by atoms with Gasteiger partial charge in [0.05, 0.1) is 15.0 Å². The maximum atomic E-state index is 12.6. The molecule has 0 radical (unpaired) electrons. The fourth-order valence-corrected chi connectivity index (χ4v) is 4.37. The molecular formula is C20H17Cl2NO4S2. The predicted octanol–water partition coefficient (Wildman–Crippen LogP) is 6.10. The SMILES string of the molecule is O=C(O)CCCCCN1C(=O)/C(=C\c2ccc(-c3ccc(Cl)c(Cl)c3)o2)SC1=S. The molecule has 0 bridgehead atoms. The van der Waals surface area contributed by atoms with Crippen molar-refractivity contribution in [2.45, 2.75) is 25.7 Å². The number of carbonyl (C=O) groups is 2. The number of furan rings is 1. The maximum Gasteiger partial charge on any atom is 0.303 e. The van der Waals surface area contributed by atoms with Crippen molar-refractivity contribution in [2.24, 2.45) is 0 Å². The number of hydrogen-bond acceptors (Lipinski definition) is 5. The monoisotopic (exact) mass is 469 g/mol. The van der Waals surface area contributed by atoms with E-state index < -0.39 is 5.97 Å². The summed E-state index contributed by atoms with van der Waals surface area (Å²) in [5.41, 5.74) is 0.785. The van der Waals surface area contributed by atoms with E-state index in [0.717, 1.165) is 12.0 Å². The van der Waals surface area contributed by atoms with Gasteiger partial charge in [0.1, 0.15) is 15.8 Å². The smallest absolute Gasteiger partial charge is 0.303 e. The summed E-state index contributed by atoms with van der Waals surface area (Å²) in [6.45, 7) is 0.480. The maximum absolute atomic E-state index is 12.6. The summed E-state index contributed by atoms with van der Waals surface area (Å²) in [5.74, 6) is 0.180. The second-order valence-corrected chi connectivity index (χ2v) is 8.86. The van der Waals surface area contributed by atoms with Crippen molar-refractivity contribution < 1.29 is 19.1 Å². The van der Waals surface area contributed by atoms with Crippen molar-refractivity contribution in [3.05, 3.63) is 51.0 Å². The highest BCUT2D eigenvalue weighted by Gasteiger charge is 2.31.